The van der Waals surface area contributed by atoms with E-state index in [0.717, 1.165) is 19.3 Å². The van der Waals surface area contributed by atoms with E-state index in [1.165, 1.54) is 11.1 Å². The Kier molecular flexibility index (Phi) is 1.91. The molecule has 1 N–H and O–H groups in total. The summed E-state index contributed by atoms with van der Waals surface area (Å²) in [4.78, 5) is 0. The lowest BCUT2D eigenvalue weighted by Crippen LogP contribution is -1.98. The molecule has 52 valence electrons. The lowest BCUT2D eigenvalue weighted by Gasteiger charge is -1.97. The Labute approximate surface area is 56.4 Å². The van der Waals surface area contributed by atoms with Crippen LogP contribution in [0.25, 0.3) is 0 Å². The van der Waals surface area contributed by atoms with E-state index in [4.69, 9.17) is 5.11 Å². The molecule has 1 atom stereocenters. The summed E-state index contributed by atoms with van der Waals surface area (Å²) in [5.41, 5.74) is 2.87. The molecule has 0 spiro atoms. The second-order valence-electron chi connectivity index (χ2n) is 2.80. The van der Waals surface area contributed by atoms with E-state index in [2.05, 4.69) is 13.8 Å². The lowest BCUT2D eigenvalue weighted by molar-refractivity contribution is 0.185. The molecule has 1 rings (SSSR count). The molecule has 0 aromatic heterocycles. The van der Waals surface area contributed by atoms with Gasteiger partial charge in [0.05, 0.1) is 6.10 Å². The van der Waals surface area contributed by atoms with E-state index in [1.54, 1.807) is 0 Å². The smallest absolute Gasteiger partial charge is 0.0614 e. The third-order valence-corrected chi connectivity index (χ3v) is 2.05. The zero-order valence-electron chi connectivity index (χ0n) is 6.15. The molecule has 0 aromatic rings. The summed E-state index contributed by atoms with van der Waals surface area (Å²) in [5, 5.41) is 9.16. The van der Waals surface area contributed by atoms with Gasteiger partial charge < -0.3 is 5.11 Å². The summed E-state index contributed by atoms with van der Waals surface area (Å²) in [6, 6.07) is 0. The second-order valence-corrected chi connectivity index (χ2v) is 2.80. The van der Waals surface area contributed by atoms with Crippen molar-refractivity contribution in [3.8, 4) is 0 Å². The highest BCUT2D eigenvalue weighted by Gasteiger charge is 2.16. The van der Waals surface area contributed by atoms with Gasteiger partial charge in [0.1, 0.15) is 0 Å². The van der Waals surface area contributed by atoms with Crippen molar-refractivity contribution >= 4 is 0 Å². The van der Waals surface area contributed by atoms with Gasteiger partial charge in [-0.3, -0.25) is 0 Å². The molecule has 1 aliphatic rings. The topological polar surface area (TPSA) is 20.2 Å². The summed E-state index contributed by atoms with van der Waals surface area (Å²) in [6.07, 6.45) is 2.87. The first-order valence-electron chi connectivity index (χ1n) is 3.59. The van der Waals surface area contributed by atoms with Gasteiger partial charge in [-0.2, -0.15) is 0 Å². The molecule has 0 aliphatic heterocycles. The van der Waals surface area contributed by atoms with Crippen LogP contribution in [0.15, 0.2) is 11.1 Å². The fraction of sp³-hybridized carbons (Fsp3) is 0.750. The van der Waals surface area contributed by atoms with E-state index in [9.17, 15) is 0 Å². The zero-order chi connectivity index (χ0) is 6.85. The van der Waals surface area contributed by atoms with Crippen LogP contribution < -0.4 is 0 Å². The number of hydrogen-bond acceptors (Lipinski definition) is 1. The lowest BCUT2D eigenvalue weighted by atomic mass is 10.1. The molecule has 0 saturated heterocycles. The minimum absolute atomic E-state index is 0.0695. The van der Waals surface area contributed by atoms with Crippen molar-refractivity contribution in [2.24, 2.45) is 0 Å². The van der Waals surface area contributed by atoms with E-state index < -0.39 is 0 Å². The summed E-state index contributed by atoms with van der Waals surface area (Å²) in [7, 11) is 0. The maximum absolute atomic E-state index is 9.16. The molecule has 1 nitrogen and oxygen atoms in total. The molecule has 1 aliphatic carbocycles. The van der Waals surface area contributed by atoms with Gasteiger partial charge in [0.2, 0.25) is 0 Å². The van der Waals surface area contributed by atoms with Crippen molar-refractivity contribution in [1.82, 2.24) is 0 Å². The number of rotatable bonds is 1. The third-order valence-electron chi connectivity index (χ3n) is 2.05. The Morgan fingerprint density at radius 1 is 1.56 bits per heavy atom. The first-order chi connectivity index (χ1) is 4.24. The second kappa shape index (κ2) is 2.53. The minimum atomic E-state index is -0.0695. The summed E-state index contributed by atoms with van der Waals surface area (Å²) >= 11 is 0. The van der Waals surface area contributed by atoms with Crippen LogP contribution in [0, 0.1) is 0 Å². The maximum Gasteiger partial charge on any atom is 0.0614 e. The fourth-order valence-electron chi connectivity index (χ4n) is 1.47. The van der Waals surface area contributed by atoms with Crippen molar-refractivity contribution in [3.05, 3.63) is 11.1 Å². The fourth-order valence-corrected chi connectivity index (χ4v) is 1.47. The predicted molar refractivity (Wildman–Crippen MR) is 38.2 cm³/mol. The number of hydrogen-bond donors (Lipinski definition) is 1. The Balaban J connectivity index is 2.58. The van der Waals surface area contributed by atoms with E-state index in [0.29, 0.717) is 0 Å². The monoisotopic (exact) mass is 126 g/mol. The summed E-state index contributed by atoms with van der Waals surface area (Å²) in [5.74, 6) is 0. The van der Waals surface area contributed by atoms with Gasteiger partial charge in [0.25, 0.3) is 0 Å². The van der Waals surface area contributed by atoms with Gasteiger partial charge >= 0.3 is 0 Å². The largest absolute Gasteiger partial charge is 0.392 e. The molecule has 1 unspecified atom stereocenters. The zero-order valence-corrected chi connectivity index (χ0v) is 6.15. The molecule has 0 fully saturated rings. The first kappa shape index (κ1) is 6.81. The average Bonchev–Trinajstić information content (AvgIpc) is 2.10. The van der Waals surface area contributed by atoms with Crippen molar-refractivity contribution in [3.63, 3.8) is 0 Å². The van der Waals surface area contributed by atoms with Crippen molar-refractivity contribution < 1.29 is 5.11 Å². The molecule has 0 saturated carbocycles. The quantitative estimate of drug-likeness (QED) is 0.532. The Morgan fingerprint density at radius 3 is 2.44 bits per heavy atom. The Hall–Kier alpha value is -0.300. The summed E-state index contributed by atoms with van der Waals surface area (Å²) < 4.78 is 0. The molecule has 0 heterocycles. The maximum atomic E-state index is 9.16. The van der Waals surface area contributed by atoms with E-state index in [1.807, 2.05) is 0 Å². The van der Waals surface area contributed by atoms with Gasteiger partial charge in [-0.1, -0.05) is 18.1 Å². The van der Waals surface area contributed by atoms with Gasteiger partial charge in [-0.15, -0.1) is 0 Å². The predicted octanol–water partition coefficient (Wildman–Crippen LogP) is 1.87. The Morgan fingerprint density at radius 2 is 2.22 bits per heavy atom. The van der Waals surface area contributed by atoms with Crippen LogP contribution in [0.4, 0.5) is 0 Å². The van der Waals surface area contributed by atoms with Crippen molar-refractivity contribution in [2.45, 2.75) is 39.2 Å². The first-order valence-corrected chi connectivity index (χ1v) is 3.59. The van der Waals surface area contributed by atoms with Gasteiger partial charge in [0, 0.05) is 0 Å². The molecule has 0 amide bonds. The van der Waals surface area contributed by atoms with Crippen LogP contribution in [0.3, 0.4) is 0 Å². The van der Waals surface area contributed by atoms with E-state index in [-0.39, 0.29) is 6.10 Å². The molecule has 9 heavy (non-hydrogen) atoms. The number of aliphatic hydroxyl groups excluding tert-OH is 1. The van der Waals surface area contributed by atoms with Crippen molar-refractivity contribution in [2.75, 3.05) is 0 Å². The van der Waals surface area contributed by atoms with Gasteiger partial charge in [0.15, 0.2) is 0 Å². The highest BCUT2D eigenvalue weighted by atomic mass is 16.3. The third kappa shape index (κ3) is 1.33. The van der Waals surface area contributed by atoms with Crippen LogP contribution in [0.2, 0.25) is 0 Å². The molecule has 0 aromatic carbocycles. The SMILES string of the molecule is CCC1=C(C)CC(O)C1. The average molecular weight is 126 g/mol. The van der Waals surface area contributed by atoms with Crippen molar-refractivity contribution in [1.29, 1.82) is 0 Å². The highest BCUT2D eigenvalue weighted by molar-refractivity contribution is 5.19. The van der Waals surface area contributed by atoms with Crippen LogP contribution in [-0.4, -0.2) is 11.2 Å². The molecular formula is C8H14O. The van der Waals surface area contributed by atoms with Crippen LogP contribution in [0.1, 0.15) is 33.1 Å². The Bertz CT molecular complexity index is 136. The van der Waals surface area contributed by atoms with Crippen LogP contribution in [0.5, 0.6) is 0 Å². The van der Waals surface area contributed by atoms with E-state index >= 15 is 0 Å². The standard InChI is InChI=1S/C8H14O/c1-3-7-5-8(9)4-6(7)2/h8-9H,3-5H2,1-2H3. The van der Waals surface area contributed by atoms with Crippen LogP contribution >= 0.6 is 0 Å². The van der Waals surface area contributed by atoms with Gasteiger partial charge in [-0.05, 0) is 26.2 Å². The highest BCUT2D eigenvalue weighted by Crippen LogP contribution is 2.27. The normalized spacial score (nSPS) is 27.7. The number of aliphatic hydroxyl groups is 1. The summed E-state index contributed by atoms with van der Waals surface area (Å²) in [6.45, 7) is 4.27. The van der Waals surface area contributed by atoms with Crippen LogP contribution in [-0.2, 0) is 0 Å². The molecule has 0 bridgehead atoms. The van der Waals surface area contributed by atoms with Gasteiger partial charge in [-0.25, -0.2) is 0 Å². The molecule has 1 heteroatoms. The minimum Gasteiger partial charge on any atom is -0.392 e. The molecular weight excluding hydrogens is 112 g/mol. The molecule has 0 radical (unpaired) electrons.